The van der Waals surface area contributed by atoms with Crippen LogP contribution in [0.3, 0.4) is 0 Å². The largest absolute Gasteiger partial charge is 0.366 e. The van der Waals surface area contributed by atoms with E-state index in [-0.39, 0.29) is 0 Å². The highest BCUT2D eigenvalue weighted by molar-refractivity contribution is 7.80. The van der Waals surface area contributed by atoms with Crippen LogP contribution >= 0.6 is 12.2 Å². The first-order valence-corrected chi connectivity index (χ1v) is 3.19. The molecule has 0 unspecified atom stereocenters. The summed E-state index contributed by atoms with van der Waals surface area (Å²) in [4.78, 5) is 6.35. The minimum absolute atomic E-state index is 0.639. The Hall–Kier alpha value is -0.970. The van der Waals surface area contributed by atoms with Gasteiger partial charge in [0.1, 0.15) is 11.3 Å². The molecule has 0 saturated carbocycles. The molecule has 1 aromatic heterocycles. The number of aromatic amines is 1. The lowest BCUT2D eigenvalue weighted by atomic mass is 10.6. The zero-order chi connectivity index (χ0) is 7.56. The first-order valence-electron chi connectivity index (χ1n) is 2.79. The minimum Gasteiger partial charge on any atom is -0.366 e. The Labute approximate surface area is 64.3 Å². The van der Waals surface area contributed by atoms with Gasteiger partial charge in [-0.1, -0.05) is 12.2 Å². The van der Waals surface area contributed by atoms with Crippen LogP contribution in [0, 0.1) is 0 Å². The molecule has 1 aromatic rings. The summed E-state index contributed by atoms with van der Waals surface area (Å²) in [6.07, 6.45) is 1.44. The van der Waals surface area contributed by atoms with Gasteiger partial charge in [-0.2, -0.15) is 5.10 Å². The molecule has 10 heavy (non-hydrogen) atoms. The molecule has 0 amide bonds. The third-order valence-corrected chi connectivity index (χ3v) is 1.58. The molecule has 1 heterocycles. The van der Waals surface area contributed by atoms with Crippen LogP contribution in [0.4, 0.5) is 0 Å². The van der Waals surface area contributed by atoms with Gasteiger partial charge in [0.05, 0.1) is 0 Å². The van der Waals surface area contributed by atoms with Crippen LogP contribution < -0.4 is 0 Å². The Kier molecular flexibility index (Phi) is 1.96. The zero-order valence-corrected chi connectivity index (χ0v) is 6.64. The van der Waals surface area contributed by atoms with Gasteiger partial charge in [0.15, 0.2) is 5.82 Å². The van der Waals surface area contributed by atoms with Crippen molar-refractivity contribution in [1.29, 1.82) is 0 Å². The molecule has 0 atom stereocenters. The van der Waals surface area contributed by atoms with Crippen molar-refractivity contribution in [2.75, 3.05) is 14.1 Å². The van der Waals surface area contributed by atoms with E-state index in [9.17, 15) is 0 Å². The maximum atomic E-state index is 4.99. The first kappa shape index (κ1) is 7.14. The van der Waals surface area contributed by atoms with E-state index in [1.807, 2.05) is 14.1 Å². The van der Waals surface area contributed by atoms with Crippen LogP contribution in [0.25, 0.3) is 0 Å². The highest BCUT2D eigenvalue weighted by Crippen LogP contribution is 1.92. The Morgan fingerprint density at radius 1 is 1.70 bits per heavy atom. The van der Waals surface area contributed by atoms with Crippen LogP contribution in [0.2, 0.25) is 0 Å². The number of H-pyrrole nitrogens is 1. The zero-order valence-electron chi connectivity index (χ0n) is 5.83. The maximum absolute atomic E-state index is 4.99. The number of thiocarbonyl (C=S) groups is 1. The molecule has 0 spiro atoms. The maximum Gasteiger partial charge on any atom is 0.183 e. The third kappa shape index (κ3) is 1.30. The van der Waals surface area contributed by atoms with E-state index in [2.05, 4.69) is 15.2 Å². The van der Waals surface area contributed by atoms with E-state index in [1.165, 1.54) is 6.33 Å². The number of hydrogen-bond donors (Lipinski definition) is 1. The van der Waals surface area contributed by atoms with Crippen LogP contribution in [0.15, 0.2) is 6.33 Å². The Morgan fingerprint density at radius 2 is 2.40 bits per heavy atom. The van der Waals surface area contributed by atoms with Crippen LogP contribution in [0.5, 0.6) is 0 Å². The normalized spacial score (nSPS) is 9.40. The average molecular weight is 156 g/mol. The summed E-state index contributed by atoms with van der Waals surface area (Å²) in [6.45, 7) is 0. The summed E-state index contributed by atoms with van der Waals surface area (Å²) in [6, 6.07) is 0. The third-order valence-electron chi connectivity index (χ3n) is 1.02. The molecular formula is C5H8N4S. The fourth-order valence-electron chi connectivity index (χ4n) is 0.520. The van der Waals surface area contributed by atoms with Crippen molar-refractivity contribution in [3.63, 3.8) is 0 Å². The highest BCUT2D eigenvalue weighted by atomic mass is 32.1. The predicted molar refractivity (Wildman–Crippen MR) is 41.8 cm³/mol. The highest BCUT2D eigenvalue weighted by Gasteiger charge is 2.03. The number of hydrogen-bond acceptors (Lipinski definition) is 3. The van der Waals surface area contributed by atoms with E-state index in [0.29, 0.717) is 10.8 Å². The second-order valence-corrected chi connectivity index (χ2v) is 2.42. The van der Waals surface area contributed by atoms with Crippen LogP contribution in [-0.4, -0.2) is 39.2 Å². The van der Waals surface area contributed by atoms with Crippen molar-refractivity contribution in [2.45, 2.75) is 0 Å². The molecule has 1 N–H and O–H groups in total. The predicted octanol–water partition coefficient (Wildman–Crippen LogP) is 0.0418. The van der Waals surface area contributed by atoms with Crippen molar-refractivity contribution in [1.82, 2.24) is 20.1 Å². The Morgan fingerprint density at radius 3 is 2.80 bits per heavy atom. The van der Waals surface area contributed by atoms with Crippen molar-refractivity contribution in [3.8, 4) is 0 Å². The smallest absolute Gasteiger partial charge is 0.183 e. The van der Waals surface area contributed by atoms with Gasteiger partial charge in [0.2, 0.25) is 0 Å². The van der Waals surface area contributed by atoms with Crippen molar-refractivity contribution in [2.24, 2.45) is 0 Å². The number of aromatic nitrogens is 3. The van der Waals surface area contributed by atoms with E-state index >= 15 is 0 Å². The lowest BCUT2D eigenvalue weighted by Crippen LogP contribution is -2.21. The van der Waals surface area contributed by atoms with Gasteiger partial charge in [-0.25, -0.2) is 4.98 Å². The van der Waals surface area contributed by atoms with Crippen LogP contribution in [0.1, 0.15) is 5.82 Å². The van der Waals surface area contributed by atoms with Gasteiger partial charge >= 0.3 is 0 Å². The van der Waals surface area contributed by atoms with E-state index in [4.69, 9.17) is 12.2 Å². The molecule has 1 rings (SSSR count). The van der Waals surface area contributed by atoms with E-state index in [1.54, 1.807) is 4.90 Å². The Balaban J connectivity index is 2.78. The van der Waals surface area contributed by atoms with Gasteiger partial charge in [-0.3, -0.25) is 5.10 Å². The first-order chi connectivity index (χ1) is 4.72. The monoisotopic (exact) mass is 156 g/mol. The molecule has 0 aliphatic heterocycles. The standard InChI is InChI=1S/C5H8N4S/c1-9(2)5(10)4-6-3-7-8-4/h3H,1-2H3,(H,6,7,8). The summed E-state index contributed by atoms with van der Waals surface area (Å²) in [5.74, 6) is 0.639. The fraction of sp³-hybridized carbons (Fsp3) is 0.400. The quantitative estimate of drug-likeness (QED) is 0.583. The molecule has 0 saturated heterocycles. The topological polar surface area (TPSA) is 44.8 Å². The number of nitrogens with one attached hydrogen (secondary N) is 1. The summed E-state index contributed by atoms with van der Waals surface area (Å²) in [7, 11) is 3.73. The van der Waals surface area contributed by atoms with Gasteiger partial charge in [-0.15, -0.1) is 0 Å². The molecule has 0 radical (unpaired) electrons. The molecule has 4 nitrogen and oxygen atoms in total. The lowest BCUT2D eigenvalue weighted by Gasteiger charge is -2.09. The molecule has 5 heteroatoms. The van der Waals surface area contributed by atoms with Crippen molar-refractivity contribution in [3.05, 3.63) is 12.2 Å². The summed E-state index contributed by atoms with van der Waals surface area (Å²) in [5, 5.41) is 6.35. The van der Waals surface area contributed by atoms with E-state index < -0.39 is 0 Å². The van der Waals surface area contributed by atoms with Crippen LogP contribution in [-0.2, 0) is 0 Å². The number of rotatable bonds is 1. The molecule has 0 aromatic carbocycles. The summed E-state index contributed by atoms with van der Waals surface area (Å²) >= 11 is 4.99. The van der Waals surface area contributed by atoms with Gasteiger partial charge < -0.3 is 4.90 Å². The average Bonchev–Trinajstić information content (AvgIpc) is 2.36. The van der Waals surface area contributed by atoms with Gasteiger partial charge in [0, 0.05) is 14.1 Å². The molecular weight excluding hydrogens is 148 g/mol. The lowest BCUT2D eigenvalue weighted by molar-refractivity contribution is 0.632. The summed E-state index contributed by atoms with van der Waals surface area (Å²) in [5.41, 5.74) is 0. The Bertz CT molecular complexity index is 216. The molecule has 0 bridgehead atoms. The van der Waals surface area contributed by atoms with Gasteiger partial charge in [0.25, 0.3) is 0 Å². The SMILES string of the molecule is CN(C)C(=S)c1ncn[nH]1. The summed E-state index contributed by atoms with van der Waals surface area (Å²) < 4.78 is 0. The van der Waals surface area contributed by atoms with Crippen molar-refractivity contribution < 1.29 is 0 Å². The molecule has 0 fully saturated rings. The molecule has 0 aliphatic rings. The van der Waals surface area contributed by atoms with Gasteiger partial charge in [-0.05, 0) is 0 Å². The molecule has 0 aliphatic carbocycles. The fourth-order valence-corrected chi connectivity index (χ4v) is 0.619. The van der Waals surface area contributed by atoms with Crippen molar-refractivity contribution >= 4 is 17.2 Å². The molecule has 54 valence electrons. The number of nitrogens with zero attached hydrogens (tertiary/aromatic N) is 3. The van der Waals surface area contributed by atoms with E-state index in [0.717, 1.165) is 0 Å². The minimum atomic E-state index is 0.639. The second-order valence-electron chi connectivity index (χ2n) is 2.03. The second kappa shape index (κ2) is 2.74.